The Morgan fingerprint density at radius 1 is 0.947 bits per heavy atom. The molecule has 0 N–H and O–H groups in total. The smallest absolute Gasteiger partial charge is 0.0395 e. The van der Waals surface area contributed by atoms with Crippen molar-refractivity contribution in [3.63, 3.8) is 0 Å². The van der Waals surface area contributed by atoms with E-state index in [0.717, 1.165) is 6.42 Å². The van der Waals surface area contributed by atoms with Crippen molar-refractivity contribution in [1.82, 2.24) is 0 Å². The molecule has 19 heavy (non-hydrogen) atoms. The molecule has 0 aliphatic carbocycles. The van der Waals surface area contributed by atoms with Crippen LogP contribution < -0.4 is 0 Å². The van der Waals surface area contributed by atoms with Crippen molar-refractivity contribution in [2.45, 2.75) is 39.5 Å². The maximum atomic E-state index is 2.32. The minimum atomic E-state index is 0.200. The topological polar surface area (TPSA) is 0 Å². The molecule has 0 aliphatic heterocycles. The van der Waals surface area contributed by atoms with Crippen LogP contribution in [-0.2, 0) is 11.8 Å². The second-order valence-electron chi connectivity index (χ2n) is 6.18. The fraction of sp³-hybridized carbons (Fsp3) is 0.333. The summed E-state index contributed by atoms with van der Waals surface area (Å²) < 4.78 is 2.88. The van der Waals surface area contributed by atoms with Gasteiger partial charge in [0.15, 0.2) is 0 Å². The Hall–Kier alpha value is -1.34. The molecule has 0 amide bonds. The third kappa shape index (κ3) is 1.97. The van der Waals surface area contributed by atoms with Gasteiger partial charge in [-0.1, -0.05) is 58.0 Å². The molecule has 0 saturated heterocycles. The summed E-state index contributed by atoms with van der Waals surface area (Å²) in [5.41, 5.74) is 3.23. The highest BCUT2D eigenvalue weighted by molar-refractivity contribution is 7.26. The van der Waals surface area contributed by atoms with Gasteiger partial charge in [0, 0.05) is 20.2 Å². The van der Waals surface area contributed by atoms with Crippen LogP contribution in [0, 0.1) is 0 Å². The van der Waals surface area contributed by atoms with Gasteiger partial charge in [-0.15, -0.1) is 11.3 Å². The zero-order valence-electron chi connectivity index (χ0n) is 12.1. The molecule has 0 unspecified atom stereocenters. The summed E-state index contributed by atoms with van der Waals surface area (Å²) in [5, 5.41) is 2.82. The number of rotatable bonds is 1. The molecule has 0 saturated carbocycles. The lowest BCUT2D eigenvalue weighted by Gasteiger charge is -2.23. The predicted molar refractivity (Wildman–Crippen MR) is 87.4 cm³/mol. The van der Waals surface area contributed by atoms with Crippen LogP contribution in [-0.4, -0.2) is 0 Å². The highest BCUT2D eigenvalue weighted by Gasteiger charge is 2.22. The molecule has 0 nitrogen and oxygen atoms in total. The summed E-state index contributed by atoms with van der Waals surface area (Å²) in [6.07, 6.45) is 1.11. The van der Waals surface area contributed by atoms with Crippen LogP contribution in [0.1, 0.15) is 38.8 Å². The van der Waals surface area contributed by atoms with Gasteiger partial charge in [-0.25, -0.2) is 0 Å². The third-order valence-electron chi connectivity index (χ3n) is 3.76. The molecule has 2 aromatic carbocycles. The van der Waals surface area contributed by atoms with Crippen LogP contribution in [0.3, 0.4) is 0 Å². The minimum absolute atomic E-state index is 0.200. The average Bonchev–Trinajstić information content (AvgIpc) is 2.74. The van der Waals surface area contributed by atoms with Gasteiger partial charge >= 0.3 is 0 Å². The maximum absolute atomic E-state index is 2.32. The molecule has 98 valence electrons. The number of hydrogen-bond acceptors (Lipinski definition) is 1. The molecule has 0 atom stereocenters. The molecule has 0 aliphatic rings. The summed E-state index contributed by atoms with van der Waals surface area (Å²) in [6.45, 7) is 9.23. The monoisotopic (exact) mass is 268 g/mol. The molecule has 3 aromatic rings. The van der Waals surface area contributed by atoms with Crippen LogP contribution in [0.25, 0.3) is 20.2 Å². The Balaban J connectivity index is 2.49. The van der Waals surface area contributed by atoms with E-state index in [0.29, 0.717) is 0 Å². The number of aryl methyl sites for hydroxylation is 1. The highest BCUT2D eigenvalue weighted by Crippen LogP contribution is 2.41. The summed E-state index contributed by atoms with van der Waals surface area (Å²) in [7, 11) is 0. The van der Waals surface area contributed by atoms with Gasteiger partial charge < -0.3 is 0 Å². The van der Waals surface area contributed by atoms with E-state index < -0.39 is 0 Å². The van der Waals surface area contributed by atoms with Gasteiger partial charge in [-0.05, 0) is 29.0 Å². The second-order valence-corrected chi connectivity index (χ2v) is 7.23. The van der Waals surface area contributed by atoms with E-state index in [4.69, 9.17) is 0 Å². The Labute approximate surface area is 119 Å². The molecule has 1 aromatic heterocycles. The van der Waals surface area contributed by atoms with Crippen LogP contribution in [0.15, 0.2) is 36.4 Å². The van der Waals surface area contributed by atoms with Crippen LogP contribution >= 0.6 is 11.3 Å². The van der Waals surface area contributed by atoms with Gasteiger partial charge in [0.05, 0.1) is 0 Å². The van der Waals surface area contributed by atoms with Crippen LogP contribution in [0.2, 0.25) is 0 Å². The predicted octanol–water partition coefficient (Wildman–Crippen LogP) is 5.91. The molecular weight excluding hydrogens is 248 g/mol. The van der Waals surface area contributed by atoms with Gasteiger partial charge in [0.1, 0.15) is 0 Å². The first-order valence-electron chi connectivity index (χ1n) is 6.96. The Morgan fingerprint density at radius 2 is 1.68 bits per heavy atom. The van der Waals surface area contributed by atoms with E-state index in [9.17, 15) is 0 Å². The van der Waals surface area contributed by atoms with Crippen LogP contribution in [0.4, 0.5) is 0 Å². The first-order valence-corrected chi connectivity index (χ1v) is 7.77. The van der Waals surface area contributed by atoms with E-state index in [1.165, 1.54) is 31.3 Å². The Bertz CT molecular complexity index is 741. The fourth-order valence-corrected chi connectivity index (χ4v) is 4.43. The lowest BCUT2D eigenvalue weighted by molar-refractivity contribution is 0.590. The molecule has 0 spiro atoms. The van der Waals surface area contributed by atoms with Crippen molar-refractivity contribution >= 4 is 31.5 Å². The van der Waals surface area contributed by atoms with Crippen molar-refractivity contribution in [3.8, 4) is 0 Å². The summed E-state index contributed by atoms with van der Waals surface area (Å²) in [4.78, 5) is 0. The first kappa shape index (κ1) is 12.7. The van der Waals surface area contributed by atoms with Crippen molar-refractivity contribution in [3.05, 3.63) is 47.5 Å². The van der Waals surface area contributed by atoms with Gasteiger partial charge in [-0.2, -0.15) is 0 Å². The molecule has 0 fully saturated rings. The lowest BCUT2D eigenvalue weighted by atomic mass is 9.82. The third-order valence-corrected chi connectivity index (χ3v) is 4.97. The largest absolute Gasteiger partial charge is 0.135 e. The van der Waals surface area contributed by atoms with Gasteiger partial charge in [0.25, 0.3) is 0 Å². The molecule has 1 heterocycles. The summed E-state index contributed by atoms with van der Waals surface area (Å²) >= 11 is 1.94. The SMILES string of the molecule is CCc1ccc2c(sc3ccccc32)c1C(C)(C)C. The van der Waals surface area contributed by atoms with Gasteiger partial charge in [-0.3, -0.25) is 0 Å². The number of thiophene rings is 1. The second kappa shape index (κ2) is 4.35. The lowest BCUT2D eigenvalue weighted by Crippen LogP contribution is -2.14. The van der Waals surface area contributed by atoms with Gasteiger partial charge in [0.2, 0.25) is 0 Å². The molecule has 1 heteroatoms. The Morgan fingerprint density at radius 3 is 2.37 bits per heavy atom. The molecular formula is C18H20S. The zero-order chi connectivity index (χ0) is 13.6. The quantitative estimate of drug-likeness (QED) is 0.514. The fourth-order valence-electron chi connectivity index (χ4n) is 2.95. The molecule has 0 bridgehead atoms. The standard InChI is InChI=1S/C18H20S/c1-5-12-10-11-14-13-8-6-7-9-15(13)19-17(14)16(12)18(2,3)4/h6-11H,5H2,1-4H3. The Kier molecular flexibility index (Phi) is 2.90. The molecule has 3 rings (SSSR count). The van der Waals surface area contributed by atoms with Crippen molar-refractivity contribution in [2.24, 2.45) is 0 Å². The maximum Gasteiger partial charge on any atom is 0.0395 e. The van der Waals surface area contributed by atoms with Crippen molar-refractivity contribution in [2.75, 3.05) is 0 Å². The number of fused-ring (bicyclic) bond motifs is 3. The molecule has 0 radical (unpaired) electrons. The minimum Gasteiger partial charge on any atom is -0.135 e. The van der Waals surface area contributed by atoms with E-state index in [1.807, 2.05) is 11.3 Å². The first-order chi connectivity index (χ1) is 9.02. The summed E-state index contributed by atoms with van der Waals surface area (Å²) in [6, 6.07) is 13.4. The van der Waals surface area contributed by atoms with Crippen molar-refractivity contribution < 1.29 is 0 Å². The van der Waals surface area contributed by atoms with E-state index >= 15 is 0 Å². The van der Waals surface area contributed by atoms with E-state index in [-0.39, 0.29) is 5.41 Å². The van der Waals surface area contributed by atoms with E-state index in [2.05, 4.69) is 64.1 Å². The van der Waals surface area contributed by atoms with Crippen LogP contribution in [0.5, 0.6) is 0 Å². The number of hydrogen-bond donors (Lipinski definition) is 0. The van der Waals surface area contributed by atoms with Crippen molar-refractivity contribution in [1.29, 1.82) is 0 Å². The zero-order valence-corrected chi connectivity index (χ0v) is 12.9. The van der Waals surface area contributed by atoms with E-state index in [1.54, 1.807) is 0 Å². The average molecular weight is 268 g/mol. The summed E-state index contributed by atoms with van der Waals surface area (Å²) in [5.74, 6) is 0. The normalized spacial score (nSPS) is 12.4. The number of benzene rings is 2. The highest BCUT2D eigenvalue weighted by atomic mass is 32.1.